The van der Waals surface area contributed by atoms with Crippen LogP contribution in [0.1, 0.15) is 13.8 Å². The normalized spacial score (nSPS) is 14.2. The lowest BCUT2D eigenvalue weighted by Crippen LogP contribution is -2.74. The molecule has 0 bridgehead atoms. The van der Waals surface area contributed by atoms with Crippen molar-refractivity contribution in [2.45, 2.75) is 132 Å². The molecule has 0 aliphatic carbocycles. The smallest absolute Gasteiger partial charge is 0.458 e. The minimum atomic E-state index is -4.53. The molecule has 0 aromatic heterocycles. The Labute approximate surface area is 346 Å². The number of carbonyl (C=O) groups is 2. The highest BCUT2D eigenvalue weighted by Crippen LogP contribution is 2.36. The summed E-state index contributed by atoms with van der Waals surface area (Å²) in [6, 6.07) is 0. The molecule has 14 nitrogen and oxygen atoms in total. The largest absolute Gasteiger partial charge is 0.643 e. The van der Waals surface area contributed by atoms with Gasteiger partial charge in [-0.3, -0.25) is 0 Å². The van der Waals surface area contributed by atoms with Gasteiger partial charge in [0.15, 0.2) is 62.4 Å². The SMILES string of the molecule is C=C(C)C(=O)OC[Si](O[Si](C)(C)C)(O[Si](C)(C)C)O[Si](O[Si](C)(C)C)(O[Si](C)(C)C)O[Si](COC(=O)C(=C)C)(O[Si](C)(C)C)O[Si](C)(C)C.[SiH3]O[SiH2]O[SiH3]. The second kappa shape index (κ2) is 22.3. The van der Waals surface area contributed by atoms with Gasteiger partial charge in [-0.05, 0) is 132 Å². The van der Waals surface area contributed by atoms with Crippen molar-refractivity contribution in [2.75, 3.05) is 12.5 Å². The van der Waals surface area contributed by atoms with Crippen molar-refractivity contribution in [3.63, 3.8) is 0 Å². The third kappa shape index (κ3) is 28.1. The first-order valence-corrected chi connectivity index (χ1v) is 46.7. The summed E-state index contributed by atoms with van der Waals surface area (Å²) < 4.78 is 77.3. The van der Waals surface area contributed by atoms with Crippen LogP contribution in [0.2, 0.25) is 118 Å². The number of rotatable bonds is 24. The minimum absolute atomic E-state index is 0.221. The molecule has 0 saturated carbocycles. The van der Waals surface area contributed by atoms with E-state index in [0.717, 1.165) is 21.0 Å². The maximum absolute atomic E-state index is 12.9. The van der Waals surface area contributed by atoms with Crippen LogP contribution in [0, 0.1) is 0 Å². The molecule has 0 unspecified atom stereocenters. The summed E-state index contributed by atoms with van der Waals surface area (Å²) in [4.78, 5) is 25.8. The van der Waals surface area contributed by atoms with E-state index in [1.165, 1.54) is 0 Å². The predicted octanol–water partition coefficient (Wildman–Crippen LogP) is 4.34. The van der Waals surface area contributed by atoms with E-state index in [-0.39, 0.29) is 23.6 Å². The van der Waals surface area contributed by atoms with Gasteiger partial charge in [0.25, 0.3) is 10.0 Å². The average Bonchev–Trinajstić information content (AvgIpc) is 2.84. The van der Waals surface area contributed by atoms with Gasteiger partial charge < -0.3 is 50.6 Å². The standard InChI is InChI=1S/C28H68O12Si9.H8O2Si3/c1-25(2)27(29)31-23-47(33-41(5,6)7,34-42(8,9)10)39-49(37-45(17,18)19,38-46(20,21)22)40-48(35-43(11,12)13,36-44(14,15)16)24-32-28(30)26(3)4;3-1-5-2-4/h1,3,23-24H2,2,4-22H3;5H2,3-4H3. The number of hydrogen-bond acceptors (Lipinski definition) is 14. The Morgan fingerprint density at radius 2 is 0.667 bits per heavy atom. The molecule has 0 fully saturated rings. The summed E-state index contributed by atoms with van der Waals surface area (Å²) in [6.45, 7) is 46.8. The Hall–Kier alpha value is 0.623. The molecule has 54 heavy (non-hydrogen) atoms. The maximum Gasteiger partial charge on any atom is 0.643 e. The van der Waals surface area contributed by atoms with E-state index >= 15 is 0 Å². The quantitative estimate of drug-likeness (QED) is 0.0769. The van der Waals surface area contributed by atoms with Crippen LogP contribution in [0.25, 0.3) is 0 Å². The zero-order chi connectivity index (χ0) is 43.4. The van der Waals surface area contributed by atoms with Crippen molar-refractivity contribution in [2.24, 2.45) is 0 Å². The fourth-order valence-corrected chi connectivity index (χ4v) is 39.7. The summed E-state index contributed by atoms with van der Waals surface area (Å²) in [5.41, 5.74) is 0.441. The van der Waals surface area contributed by atoms with Gasteiger partial charge in [0.05, 0.1) is 0 Å². The third-order valence-corrected chi connectivity index (χ3v) is 34.0. The first-order chi connectivity index (χ1) is 23.7. The van der Waals surface area contributed by atoms with Gasteiger partial charge in [0, 0.05) is 11.1 Å². The molecule has 0 aliphatic rings. The fourth-order valence-electron chi connectivity index (χ4n) is 4.10. The summed E-state index contributed by atoms with van der Waals surface area (Å²) in [5, 5.41) is 0. The number of esters is 2. The third-order valence-electron chi connectivity index (χ3n) is 4.96. The van der Waals surface area contributed by atoms with Gasteiger partial charge in [0.2, 0.25) is 0 Å². The number of hydrogen-bond donors (Lipinski definition) is 0. The van der Waals surface area contributed by atoms with E-state index in [0.29, 0.717) is 0 Å². The molecule has 320 valence electrons. The number of ether oxygens (including phenoxy) is 2. The van der Waals surface area contributed by atoms with Crippen molar-refractivity contribution in [3.8, 4) is 0 Å². The maximum atomic E-state index is 12.9. The second-order valence-corrected chi connectivity index (χ2v) is 59.8. The van der Waals surface area contributed by atoms with Gasteiger partial charge in [-0.1, -0.05) is 13.2 Å². The molecule has 0 aromatic rings. The lowest BCUT2D eigenvalue weighted by molar-refractivity contribution is -0.138. The monoisotopic (exact) mass is 972 g/mol. The van der Waals surface area contributed by atoms with Gasteiger partial charge in [0.1, 0.15) is 21.0 Å². The zero-order valence-electron chi connectivity index (χ0n) is 37.8. The molecule has 0 rings (SSSR count). The summed E-state index contributed by atoms with van der Waals surface area (Å²) in [6.07, 6.45) is -0.642. The Bertz CT molecular complexity index is 1090. The highest BCUT2D eigenvalue weighted by Gasteiger charge is 2.67. The second-order valence-electron chi connectivity index (χ2n) is 18.8. The highest BCUT2D eigenvalue weighted by molar-refractivity contribution is 6.95. The molecule has 0 heterocycles. The van der Waals surface area contributed by atoms with Crippen LogP contribution in [0.5, 0.6) is 0 Å². The number of carbonyl (C=O) groups excluding carboxylic acids is 2. The molecule has 0 atom stereocenters. The van der Waals surface area contributed by atoms with Crippen molar-refractivity contribution in [1.82, 2.24) is 0 Å². The van der Waals surface area contributed by atoms with Crippen LogP contribution in [0.3, 0.4) is 0 Å². The van der Waals surface area contributed by atoms with Gasteiger partial charge in [-0.15, -0.1) is 0 Å². The first-order valence-electron chi connectivity index (χ1n) is 18.0. The van der Waals surface area contributed by atoms with Crippen molar-refractivity contribution in [1.29, 1.82) is 0 Å². The van der Waals surface area contributed by atoms with Gasteiger partial charge in [-0.25, -0.2) is 9.59 Å². The zero-order valence-corrected chi connectivity index (χ0v) is 52.2. The molecular weight excluding hydrogens is 897 g/mol. The van der Waals surface area contributed by atoms with Crippen LogP contribution in [-0.2, 0) is 60.2 Å². The average molecular weight is 974 g/mol. The van der Waals surface area contributed by atoms with Crippen LogP contribution in [0.4, 0.5) is 0 Å². The molecule has 0 radical (unpaired) electrons. The van der Waals surface area contributed by atoms with Crippen LogP contribution < -0.4 is 0 Å². The fraction of sp³-hybridized carbons (Fsp3) is 0.786. The molecule has 0 amide bonds. The molecule has 0 N–H and O–H groups in total. The van der Waals surface area contributed by atoms with E-state index < -0.39 is 98.5 Å². The molecule has 0 aliphatic heterocycles. The first kappa shape index (κ1) is 56.7. The Morgan fingerprint density at radius 3 is 0.815 bits per heavy atom. The van der Waals surface area contributed by atoms with Crippen LogP contribution >= 0.6 is 0 Å². The molecule has 0 aromatic carbocycles. The highest BCUT2D eigenvalue weighted by atomic mass is 28.6. The Kier molecular flexibility index (Phi) is 23.4. The lowest BCUT2D eigenvalue weighted by Gasteiger charge is -2.48. The molecule has 26 heteroatoms. The molecular formula is C28H76O14Si12. The van der Waals surface area contributed by atoms with E-state index in [1.54, 1.807) is 13.8 Å². The molecule has 0 spiro atoms. The van der Waals surface area contributed by atoms with E-state index in [1.807, 2.05) is 118 Å². The summed E-state index contributed by atoms with van der Waals surface area (Å²) in [5.74, 6) is -1.22. The molecule has 0 saturated heterocycles. The van der Waals surface area contributed by atoms with Crippen molar-refractivity contribution < 1.29 is 60.2 Å². The van der Waals surface area contributed by atoms with Crippen molar-refractivity contribution >= 4 is 119 Å². The van der Waals surface area contributed by atoms with E-state index in [4.69, 9.17) is 50.6 Å². The summed E-state index contributed by atoms with van der Waals surface area (Å²) >= 11 is 0. The topological polar surface area (TPSA) is 145 Å². The predicted molar refractivity (Wildman–Crippen MR) is 248 cm³/mol. The Balaban J connectivity index is 0. The lowest BCUT2D eigenvalue weighted by atomic mass is 10.4. The van der Waals surface area contributed by atoms with Crippen molar-refractivity contribution in [3.05, 3.63) is 24.3 Å². The summed E-state index contributed by atoms with van der Waals surface area (Å²) in [7, 11) is -26.7. The Morgan fingerprint density at radius 1 is 0.444 bits per heavy atom. The van der Waals surface area contributed by atoms with Gasteiger partial charge >= 0.3 is 38.6 Å². The van der Waals surface area contributed by atoms with E-state index in [9.17, 15) is 9.59 Å². The minimum Gasteiger partial charge on any atom is -0.458 e. The van der Waals surface area contributed by atoms with Crippen LogP contribution in [0.15, 0.2) is 24.3 Å². The van der Waals surface area contributed by atoms with E-state index in [2.05, 4.69) is 13.2 Å². The van der Waals surface area contributed by atoms with Gasteiger partial charge in [-0.2, -0.15) is 0 Å². The van der Waals surface area contributed by atoms with Crippen LogP contribution in [-0.4, -0.2) is 132 Å².